The molecule has 1 aliphatic heterocycles. The molecule has 0 bridgehead atoms. The summed E-state index contributed by atoms with van der Waals surface area (Å²) in [5, 5.41) is 0. The van der Waals surface area contributed by atoms with E-state index in [1.807, 2.05) is 6.92 Å². The number of carbonyl (C=O) groups is 1. The maximum absolute atomic E-state index is 11.7. The summed E-state index contributed by atoms with van der Waals surface area (Å²) >= 11 is 0. The molecule has 12 heavy (non-hydrogen) atoms. The lowest BCUT2D eigenvalue weighted by molar-refractivity contribution is -0.117. The first kappa shape index (κ1) is 9.43. The maximum Gasteiger partial charge on any atom is 0.179 e. The van der Waals surface area contributed by atoms with Crippen molar-refractivity contribution in [3.05, 3.63) is 0 Å². The number of hydrogen-bond acceptors (Lipinski definition) is 2. The van der Waals surface area contributed by atoms with Crippen molar-refractivity contribution in [2.45, 2.75) is 33.6 Å². The molecule has 0 aromatic rings. The van der Waals surface area contributed by atoms with E-state index in [1.165, 1.54) is 0 Å². The summed E-state index contributed by atoms with van der Waals surface area (Å²) in [5.74, 6) is 0.838. The molecule has 0 aliphatic carbocycles. The van der Waals surface area contributed by atoms with Gasteiger partial charge in [0.05, 0.1) is 5.71 Å². The van der Waals surface area contributed by atoms with E-state index in [4.69, 9.17) is 0 Å². The van der Waals surface area contributed by atoms with Crippen molar-refractivity contribution in [1.82, 2.24) is 0 Å². The van der Waals surface area contributed by atoms with Crippen molar-refractivity contribution >= 4 is 11.5 Å². The van der Waals surface area contributed by atoms with E-state index < -0.39 is 0 Å². The highest BCUT2D eigenvalue weighted by molar-refractivity contribution is 6.40. The van der Waals surface area contributed by atoms with Gasteiger partial charge in [0.15, 0.2) is 5.78 Å². The zero-order valence-electron chi connectivity index (χ0n) is 8.13. The van der Waals surface area contributed by atoms with Crippen LogP contribution in [0.25, 0.3) is 0 Å². The van der Waals surface area contributed by atoms with Crippen LogP contribution in [0, 0.1) is 11.8 Å². The predicted octanol–water partition coefficient (Wildman–Crippen LogP) is 2.08. The minimum atomic E-state index is 0.141. The standard InChI is InChI=1S/C10H17NO/c1-7(2)8(3)10(12)9-5-4-6-11-9/h7-8H,4-6H2,1-3H3. The Hall–Kier alpha value is -0.660. The molecule has 1 heterocycles. The Morgan fingerprint density at radius 1 is 1.42 bits per heavy atom. The lowest BCUT2D eigenvalue weighted by Crippen LogP contribution is -2.24. The minimum absolute atomic E-state index is 0.141. The van der Waals surface area contributed by atoms with Gasteiger partial charge in [-0.15, -0.1) is 0 Å². The Morgan fingerprint density at radius 3 is 2.50 bits per heavy atom. The summed E-state index contributed by atoms with van der Waals surface area (Å²) in [6.45, 7) is 7.01. The Balaban J connectivity index is 2.57. The van der Waals surface area contributed by atoms with Gasteiger partial charge >= 0.3 is 0 Å². The minimum Gasteiger partial charge on any atom is -0.293 e. The van der Waals surface area contributed by atoms with Crippen molar-refractivity contribution in [2.75, 3.05) is 6.54 Å². The average molecular weight is 167 g/mol. The van der Waals surface area contributed by atoms with Crippen molar-refractivity contribution in [2.24, 2.45) is 16.8 Å². The van der Waals surface area contributed by atoms with Gasteiger partial charge < -0.3 is 0 Å². The fourth-order valence-corrected chi connectivity index (χ4v) is 1.31. The van der Waals surface area contributed by atoms with Crippen molar-refractivity contribution in [3.63, 3.8) is 0 Å². The zero-order valence-corrected chi connectivity index (χ0v) is 8.13. The van der Waals surface area contributed by atoms with Crippen LogP contribution >= 0.6 is 0 Å². The highest BCUT2D eigenvalue weighted by atomic mass is 16.1. The van der Waals surface area contributed by atoms with Crippen LogP contribution in [0.3, 0.4) is 0 Å². The second-order valence-electron chi connectivity index (χ2n) is 3.83. The maximum atomic E-state index is 11.7. The molecule has 0 aromatic heterocycles. The van der Waals surface area contributed by atoms with E-state index in [0.29, 0.717) is 5.92 Å². The molecule has 0 spiro atoms. The van der Waals surface area contributed by atoms with Crippen molar-refractivity contribution in [3.8, 4) is 0 Å². The van der Waals surface area contributed by atoms with E-state index in [0.717, 1.165) is 25.1 Å². The molecular weight excluding hydrogens is 150 g/mol. The van der Waals surface area contributed by atoms with Gasteiger partial charge in [-0.05, 0) is 18.8 Å². The molecule has 2 nitrogen and oxygen atoms in total. The molecule has 68 valence electrons. The summed E-state index contributed by atoms with van der Waals surface area (Å²) in [5.41, 5.74) is 0.830. The normalized spacial score (nSPS) is 19.5. The van der Waals surface area contributed by atoms with Gasteiger partial charge in [-0.25, -0.2) is 0 Å². The fraction of sp³-hybridized carbons (Fsp3) is 0.800. The lowest BCUT2D eigenvalue weighted by Gasteiger charge is -2.13. The molecule has 1 rings (SSSR count). The molecule has 0 saturated heterocycles. The molecular formula is C10H17NO. The smallest absolute Gasteiger partial charge is 0.179 e. The second-order valence-corrected chi connectivity index (χ2v) is 3.83. The summed E-state index contributed by atoms with van der Waals surface area (Å²) < 4.78 is 0. The number of ketones is 1. The number of aliphatic imine (C=N–C) groups is 1. The lowest BCUT2D eigenvalue weighted by atomic mass is 9.90. The predicted molar refractivity (Wildman–Crippen MR) is 50.5 cm³/mol. The first-order valence-corrected chi connectivity index (χ1v) is 4.70. The first-order chi connectivity index (χ1) is 5.63. The monoisotopic (exact) mass is 167 g/mol. The molecule has 0 amide bonds. The summed E-state index contributed by atoms with van der Waals surface area (Å²) in [4.78, 5) is 15.9. The van der Waals surface area contributed by atoms with Gasteiger partial charge in [0.25, 0.3) is 0 Å². The van der Waals surface area contributed by atoms with Crippen molar-refractivity contribution < 1.29 is 4.79 Å². The van der Waals surface area contributed by atoms with Gasteiger partial charge in [-0.1, -0.05) is 20.8 Å². The third-order valence-corrected chi connectivity index (χ3v) is 2.57. The van der Waals surface area contributed by atoms with E-state index >= 15 is 0 Å². The number of carbonyl (C=O) groups excluding carboxylic acids is 1. The second kappa shape index (κ2) is 3.83. The summed E-state index contributed by atoms with van der Waals surface area (Å²) in [6.07, 6.45) is 1.96. The van der Waals surface area contributed by atoms with Gasteiger partial charge in [0.1, 0.15) is 0 Å². The molecule has 0 fully saturated rings. The van der Waals surface area contributed by atoms with Gasteiger partial charge in [-0.2, -0.15) is 0 Å². The Kier molecular flexibility index (Phi) is 3.01. The van der Waals surface area contributed by atoms with Crippen LogP contribution in [0.4, 0.5) is 0 Å². The van der Waals surface area contributed by atoms with E-state index in [1.54, 1.807) is 0 Å². The number of hydrogen-bond donors (Lipinski definition) is 0. The van der Waals surface area contributed by atoms with Crippen LogP contribution in [0.2, 0.25) is 0 Å². The van der Waals surface area contributed by atoms with Gasteiger partial charge in [0.2, 0.25) is 0 Å². The topological polar surface area (TPSA) is 29.4 Å². The number of Topliss-reactive ketones (excluding diaryl/α,β-unsaturated/α-hetero) is 1. The molecule has 0 saturated carbocycles. The third kappa shape index (κ3) is 1.93. The highest BCUT2D eigenvalue weighted by Gasteiger charge is 2.23. The molecule has 1 aliphatic rings. The molecule has 0 N–H and O–H groups in total. The van der Waals surface area contributed by atoms with Crippen LogP contribution in [0.1, 0.15) is 33.6 Å². The van der Waals surface area contributed by atoms with Gasteiger partial charge in [-0.3, -0.25) is 9.79 Å². The van der Waals surface area contributed by atoms with Crippen LogP contribution in [0.15, 0.2) is 4.99 Å². The molecule has 1 unspecified atom stereocenters. The Morgan fingerprint density at radius 2 is 2.08 bits per heavy atom. The van der Waals surface area contributed by atoms with Crippen LogP contribution in [-0.4, -0.2) is 18.0 Å². The summed E-state index contributed by atoms with van der Waals surface area (Å²) in [6, 6.07) is 0. The summed E-state index contributed by atoms with van der Waals surface area (Å²) in [7, 11) is 0. The van der Waals surface area contributed by atoms with Crippen molar-refractivity contribution in [1.29, 1.82) is 0 Å². The number of nitrogens with zero attached hydrogens (tertiary/aromatic N) is 1. The van der Waals surface area contributed by atoms with E-state index in [9.17, 15) is 4.79 Å². The van der Waals surface area contributed by atoms with E-state index in [-0.39, 0.29) is 11.7 Å². The average Bonchev–Trinajstić information content (AvgIpc) is 2.53. The SMILES string of the molecule is CC(C)C(C)C(=O)C1=NCCC1. The Labute approximate surface area is 74.1 Å². The largest absolute Gasteiger partial charge is 0.293 e. The fourth-order valence-electron chi connectivity index (χ4n) is 1.31. The third-order valence-electron chi connectivity index (χ3n) is 2.57. The molecule has 0 radical (unpaired) electrons. The Bertz CT molecular complexity index is 206. The quantitative estimate of drug-likeness (QED) is 0.632. The molecule has 0 aromatic carbocycles. The van der Waals surface area contributed by atoms with Crippen LogP contribution in [0.5, 0.6) is 0 Å². The number of rotatable bonds is 3. The zero-order chi connectivity index (χ0) is 9.14. The van der Waals surface area contributed by atoms with E-state index in [2.05, 4.69) is 18.8 Å². The highest BCUT2D eigenvalue weighted by Crippen LogP contribution is 2.15. The molecule has 1 atom stereocenters. The van der Waals surface area contributed by atoms with Crippen LogP contribution < -0.4 is 0 Å². The first-order valence-electron chi connectivity index (χ1n) is 4.70. The molecule has 2 heteroatoms. The van der Waals surface area contributed by atoms with Gasteiger partial charge in [0, 0.05) is 12.5 Å². The van der Waals surface area contributed by atoms with Crippen LogP contribution in [-0.2, 0) is 4.79 Å².